The van der Waals surface area contributed by atoms with Crippen LogP contribution in [0.5, 0.6) is 5.75 Å². The van der Waals surface area contributed by atoms with Crippen LogP contribution in [-0.4, -0.2) is 69.9 Å². The number of ether oxygens (including phenoxy) is 2. The number of anilines is 1. The number of nitrogens with zero attached hydrogens (tertiary/aromatic N) is 5. The summed E-state index contributed by atoms with van der Waals surface area (Å²) in [5.41, 5.74) is 0.775. The van der Waals surface area contributed by atoms with Crippen LogP contribution >= 0.6 is 11.8 Å². The maximum Gasteiger partial charge on any atom is 0.260 e. The van der Waals surface area contributed by atoms with Gasteiger partial charge in [0.15, 0.2) is 16.9 Å². The molecule has 0 saturated carbocycles. The molecule has 1 aromatic carbocycles. The predicted molar refractivity (Wildman–Crippen MR) is 129 cm³/mol. The minimum atomic E-state index is -0.592. The lowest BCUT2D eigenvalue weighted by molar-refractivity contribution is -0.127. The van der Waals surface area contributed by atoms with Crippen LogP contribution in [0.4, 0.5) is 5.82 Å². The molecule has 9 nitrogen and oxygen atoms in total. The van der Waals surface area contributed by atoms with Crippen molar-refractivity contribution in [3.05, 3.63) is 36.5 Å². The van der Waals surface area contributed by atoms with E-state index in [1.165, 1.54) is 0 Å². The summed E-state index contributed by atoms with van der Waals surface area (Å²) < 4.78 is 13.0. The summed E-state index contributed by atoms with van der Waals surface area (Å²) >= 11 is 1.63. The molecule has 1 aliphatic heterocycles. The van der Waals surface area contributed by atoms with E-state index in [4.69, 9.17) is 19.4 Å². The molecule has 10 heteroatoms. The molecule has 3 heterocycles. The number of carbonyl (C=O) groups excluding carboxylic acids is 1. The van der Waals surface area contributed by atoms with Crippen LogP contribution < -0.4 is 15.0 Å². The lowest BCUT2D eigenvalue weighted by Gasteiger charge is -2.28. The van der Waals surface area contributed by atoms with E-state index in [0.717, 1.165) is 35.1 Å². The molecule has 1 unspecified atom stereocenters. The summed E-state index contributed by atoms with van der Waals surface area (Å²) in [5, 5.41) is 9.48. The SMILES string of the molecule is CC(C)Sc1nc(N2CCOCC2)c2cnn(CCNC(=O)C(C)Oc3ccccc3)c2n1. The van der Waals surface area contributed by atoms with E-state index in [0.29, 0.717) is 37.3 Å². The smallest absolute Gasteiger partial charge is 0.260 e. The van der Waals surface area contributed by atoms with Gasteiger partial charge in [-0.3, -0.25) is 4.79 Å². The van der Waals surface area contributed by atoms with Crippen LogP contribution in [0, 0.1) is 0 Å². The summed E-state index contributed by atoms with van der Waals surface area (Å²) in [6.07, 6.45) is 1.22. The van der Waals surface area contributed by atoms with Crippen LogP contribution in [-0.2, 0) is 16.1 Å². The Kier molecular flexibility index (Phi) is 7.66. The largest absolute Gasteiger partial charge is 0.481 e. The third kappa shape index (κ3) is 5.94. The Morgan fingerprint density at radius 1 is 1.18 bits per heavy atom. The van der Waals surface area contributed by atoms with Gasteiger partial charge in [0, 0.05) is 24.9 Å². The third-order valence-corrected chi connectivity index (χ3v) is 6.02. The average Bonchev–Trinajstić information content (AvgIpc) is 3.22. The van der Waals surface area contributed by atoms with Gasteiger partial charge in [0.1, 0.15) is 11.6 Å². The highest BCUT2D eigenvalue weighted by Gasteiger charge is 2.21. The van der Waals surface area contributed by atoms with Gasteiger partial charge in [0.2, 0.25) is 0 Å². The number of carbonyl (C=O) groups is 1. The Balaban J connectivity index is 1.45. The zero-order valence-corrected chi connectivity index (χ0v) is 20.0. The standard InChI is InChI=1S/C23H30N6O3S/c1-16(2)33-23-26-20(28-11-13-31-14-12-28)19-15-25-29(21(19)27-23)10-9-24-22(30)17(3)32-18-7-5-4-6-8-18/h4-8,15-17H,9-14H2,1-3H3,(H,24,30). The molecule has 4 rings (SSSR count). The third-order valence-electron chi connectivity index (χ3n) is 5.16. The van der Waals surface area contributed by atoms with Crippen molar-refractivity contribution < 1.29 is 14.3 Å². The molecule has 176 valence electrons. The Labute approximate surface area is 197 Å². The molecule has 0 radical (unpaired) electrons. The topological polar surface area (TPSA) is 94.4 Å². The molecule has 0 spiro atoms. The molecule has 1 aliphatic rings. The second kappa shape index (κ2) is 10.8. The van der Waals surface area contributed by atoms with Crippen LogP contribution in [0.15, 0.2) is 41.7 Å². The monoisotopic (exact) mass is 470 g/mol. The van der Waals surface area contributed by atoms with Gasteiger partial charge in [-0.2, -0.15) is 5.10 Å². The predicted octanol–water partition coefficient (Wildman–Crippen LogP) is 2.75. The van der Waals surface area contributed by atoms with Crippen LogP contribution in [0.25, 0.3) is 11.0 Å². The molecule has 0 aliphatic carbocycles. The number of hydrogen-bond acceptors (Lipinski definition) is 8. The minimum Gasteiger partial charge on any atom is -0.481 e. The van der Waals surface area contributed by atoms with E-state index in [-0.39, 0.29) is 5.91 Å². The van der Waals surface area contributed by atoms with Gasteiger partial charge in [-0.05, 0) is 19.1 Å². The first-order valence-corrected chi connectivity index (χ1v) is 12.1. The molecule has 1 saturated heterocycles. The number of benzene rings is 1. The number of rotatable bonds is 9. The highest BCUT2D eigenvalue weighted by atomic mass is 32.2. The van der Waals surface area contributed by atoms with Crippen molar-refractivity contribution in [2.45, 2.75) is 43.8 Å². The van der Waals surface area contributed by atoms with E-state index in [9.17, 15) is 4.79 Å². The fraction of sp³-hybridized carbons (Fsp3) is 0.478. The lowest BCUT2D eigenvalue weighted by atomic mass is 10.3. The van der Waals surface area contributed by atoms with Gasteiger partial charge in [-0.25, -0.2) is 14.6 Å². The van der Waals surface area contributed by atoms with Crippen molar-refractivity contribution in [1.29, 1.82) is 0 Å². The molecule has 1 N–H and O–H groups in total. The van der Waals surface area contributed by atoms with E-state index in [2.05, 4.69) is 29.2 Å². The summed E-state index contributed by atoms with van der Waals surface area (Å²) in [6.45, 7) is 9.85. The molecule has 33 heavy (non-hydrogen) atoms. The van der Waals surface area contributed by atoms with Crippen molar-refractivity contribution in [1.82, 2.24) is 25.1 Å². The fourth-order valence-corrected chi connectivity index (χ4v) is 4.25. The second-order valence-corrected chi connectivity index (χ2v) is 9.61. The zero-order valence-electron chi connectivity index (χ0n) is 19.2. The highest BCUT2D eigenvalue weighted by molar-refractivity contribution is 7.99. The Morgan fingerprint density at radius 3 is 2.67 bits per heavy atom. The normalized spacial score (nSPS) is 15.1. The molecule has 0 bridgehead atoms. The first-order chi connectivity index (χ1) is 16.0. The fourth-order valence-electron chi connectivity index (χ4n) is 3.55. The van der Waals surface area contributed by atoms with Crippen LogP contribution in [0.3, 0.4) is 0 Å². The Morgan fingerprint density at radius 2 is 1.94 bits per heavy atom. The van der Waals surface area contributed by atoms with Gasteiger partial charge in [0.05, 0.1) is 31.3 Å². The van der Waals surface area contributed by atoms with Crippen molar-refractivity contribution in [3.63, 3.8) is 0 Å². The quantitative estimate of drug-likeness (QED) is 0.377. The zero-order chi connectivity index (χ0) is 23.2. The number of amides is 1. The Hall–Kier alpha value is -2.85. The van der Waals surface area contributed by atoms with E-state index < -0.39 is 6.10 Å². The Bertz CT molecular complexity index is 1070. The maximum atomic E-state index is 12.5. The average molecular weight is 471 g/mol. The summed E-state index contributed by atoms with van der Waals surface area (Å²) in [7, 11) is 0. The molecule has 3 aromatic rings. The van der Waals surface area contributed by atoms with E-state index in [1.54, 1.807) is 18.7 Å². The lowest BCUT2D eigenvalue weighted by Crippen LogP contribution is -2.38. The van der Waals surface area contributed by atoms with E-state index in [1.807, 2.05) is 41.2 Å². The van der Waals surface area contributed by atoms with Crippen molar-refractivity contribution in [3.8, 4) is 5.75 Å². The van der Waals surface area contributed by atoms with E-state index >= 15 is 0 Å². The molecule has 1 fully saturated rings. The number of para-hydroxylation sites is 1. The van der Waals surface area contributed by atoms with Crippen molar-refractivity contribution >= 4 is 34.5 Å². The maximum absolute atomic E-state index is 12.5. The first kappa shape index (κ1) is 23.3. The van der Waals surface area contributed by atoms with Gasteiger partial charge < -0.3 is 19.7 Å². The second-order valence-electron chi connectivity index (χ2n) is 8.06. The van der Waals surface area contributed by atoms with Gasteiger partial charge in [-0.1, -0.05) is 43.8 Å². The number of morpholine rings is 1. The van der Waals surface area contributed by atoms with Crippen molar-refractivity contribution in [2.24, 2.45) is 0 Å². The highest BCUT2D eigenvalue weighted by Crippen LogP contribution is 2.29. The van der Waals surface area contributed by atoms with Crippen molar-refractivity contribution in [2.75, 3.05) is 37.7 Å². The number of thioether (sulfide) groups is 1. The molecular formula is C23H30N6O3S. The van der Waals surface area contributed by atoms with Gasteiger partial charge in [0.25, 0.3) is 5.91 Å². The summed E-state index contributed by atoms with van der Waals surface area (Å²) in [6, 6.07) is 9.32. The van der Waals surface area contributed by atoms with Crippen LogP contribution in [0.1, 0.15) is 20.8 Å². The number of nitrogens with one attached hydrogen (secondary N) is 1. The molecular weight excluding hydrogens is 440 g/mol. The molecule has 1 amide bonds. The molecule has 1 atom stereocenters. The van der Waals surface area contributed by atoms with Gasteiger partial charge >= 0.3 is 0 Å². The molecule has 2 aromatic heterocycles. The number of fused-ring (bicyclic) bond motifs is 1. The van der Waals surface area contributed by atoms with Gasteiger partial charge in [-0.15, -0.1) is 0 Å². The minimum absolute atomic E-state index is 0.171. The summed E-state index contributed by atoms with van der Waals surface area (Å²) in [4.78, 5) is 24.3. The summed E-state index contributed by atoms with van der Waals surface area (Å²) in [5.74, 6) is 1.39. The number of hydrogen-bond donors (Lipinski definition) is 1. The first-order valence-electron chi connectivity index (χ1n) is 11.2. The van der Waals surface area contributed by atoms with Crippen LogP contribution in [0.2, 0.25) is 0 Å². The number of aromatic nitrogens is 4.